The molecule has 0 rings (SSSR count). The summed E-state index contributed by atoms with van der Waals surface area (Å²) in [6.07, 6.45) is 1.22. The summed E-state index contributed by atoms with van der Waals surface area (Å²) in [6, 6.07) is 0. The molecule has 74 valence electrons. The first kappa shape index (κ1) is 11.8. The molecule has 0 aliphatic heterocycles. The molecule has 0 spiro atoms. The first-order chi connectivity index (χ1) is 5.39. The molecule has 0 bridgehead atoms. The van der Waals surface area contributed by atoms with Crippen molar-refractivity contribution in [3.8, 4) is 0 Å². The monoisotopic (exact) mass is 198 g/mol. The summed E-state index contributed by atoms with van der Waals surface area (Å²) in [5.41, 5.74) is 0. The first-order valence-electron chi connectivity index (χ1n) is 3.40. The van der Waals surface area contributed by atoms with Crippen LogP contribution < -0.4 is 0 Å². The zero-order valence-corrected chi connectivity index (χ0v) is 8.47. The van der Waals surface area contributed by atoms with E-state index in [0.717, 1.165) is 6.26 Å². The van der Waals surface area contributed by atoms with E-state index in [1.807, 2.05) is 0 Å². The number of hydrogen-bond donors (Lipinski definition) is 0. The Labute approximate surface area is 72.7 Å². The third kappa shape index (κ3) is 3.48. The van der Waals surface area contributed by atoms with E-state index >= 15 is 0 Å². The van der Waals surface area contributed by atoms with Crippen molar-refractivity contribution < 1.29 is 22.1 Å². The number of ether oxygens (including phenoxy) is 2. The molecule has 5 nitrogen and oxygen atoms in total. The van der Waals surface area contributed by atoms with Crippen molar-refractivity contribution in [2.24, 2.45) is 0 Å². The summed E-state index contributed by atoms with van der Waals surface area (Å²) in [6.45, 7) is 1.69. The molecule has 0 fully saturated rings. The second kappa shape index (κ2) is 4.18. The predicted octanol–water partition coefficient (Wildman–Crippen LogP) is 0.319. The van der Waals surface area contributed by atoms with E-state index in [1.165, 1.54) is 14.2 Å². The molecule has 0 N–H and O–H groups in total. The van der Waals surface area contributed by atoms with Gasteiger partial charge in [0.2, 0.25) is 0 Å². The molecule has 0 aliphatic rings. The molecule has 0 aromatic rings. The van der Waals surface area contributed by atoms with E-state index in [0.29, 0.717) is 0 Å². The highest BCUT2D eigenvalue weighted by Crippen LogP contribution is 2.19. The summed E-state index contributed by atoms with van der Waals surface area (Å²) >= 11 is 0. The van der Waals surface area contributed by atoms with E-state index in [2.05, 4.69) is 4.18 Å². The van der Waals surface area contributed by atoms with Crippen LogP contribution in [0, 0.1) is 0 Å². The Morgan fingerprint density at radius 1 is 1.25 bits per heavy atom. The molecule has 0 amide bonds. The Morgan fingerprint density at radius 2 is 1.67 bits per heavy atom. The van der Waals surface area contributed by atoms with Crippen LogP contribution in [-0.2, 0) is 23.8 Å². The molecule has 0 aliphatic carbocycles. The lowest BCUT2D eigenvalue weighted by atomic mass is 10.4. The molecule has 0 radical (unpaired) electrons. The van der Waals surface area contributed by atoms with Gasteiger partial charge in [0.15, 0.2) is 0 Å². The fraction of sp³-hybridized carbons (Fsp3) is 1.00. The fourth-order valence-corrected chi connectivity index (χ4v) is 1.44. The van der Waals surface area contributed by atoms with Crippen LogP contribution in [0.5, 0.6) is 0 Å². The van der Waals surface area contributed by atoms with Crippen molar-refractivity contribution in [2.45, 2.75) is 19.3 Å². The maximum atomic E-state index is 10.7. The Kier molecular flexibility index (Phi) is 4.12. The quantitative estimate of drug-likeness (QED) is 0.470. The zero-order chi connectivity index (χ0) is 9.83. The fourth-order valence-electron chi connectivity index (χ4n) is 0.730. The Balaban J connectivity index is 4.52. The van der Waals surface area contributed by atoms with Crippen molar-refractivity contribution >= 4 is 10.1 Å². The smallest absolute Gasteiger partial charge is 0.297 e. The molecular weight excluding hydrogens is 184 g/mol. The highest BCUT2D eigenvalue weighted by molar-refractivity contribution is 7.86. The summed E-state index contributed by atoms with van der Waals surface area (Å²) < 4.78 is 35.7. The maximum Gasteiger partial charge on any atom is 0.297 e. The lowest BCUT2D eigenvalue weighted by Gasteiger charge is -2.27. The van der Waals surface area contributed by atoms with Crippen molar-refractivity contribution in [1.82, 2.24) is 0 Å². The van der Waals surface area contributed by atoms with Crippen molar-refractivity contribution in [3.63, 3.8) is 0 Å². The Morgan fingerprint density at radius 3 is 1.75 bits per heavy atom. The van der Waals surface area contributed by atoms with E-state index in [9.17, 15) is 8.42 Å². The van der Waals surface area contributed by atoms with Crippen molar-refractivity contribution in [1.29, 1.82) is 0 Å². The van der Waals surface area contributed by atoms with Gasteiger partial charge in [0.05, 0.1) is 6.26 Å². The van der Waals surface area contributed by atoms with E-state index in [1.54, 1.807) is 6.92 Å². The van der Waals surface area contributed by atoms with Gasteiger partial charge in [0.1, 0.15) is 0 Å². The number of hydrogen-bond acceptors (Lipinski definition) is 5. The van der Waals surface area contributed by atoms with Crippen LogP contribution >= 0.6 is 0 Å². The first-order valence-corrected chi connectivity index (χ1v) is 5.21. The largest absolute Gasteiger partial charge is 0.330 e. The summed E-state index contributed by atoms with van der Waals surface area (Å²) in [7, 11) is -0.933. The second-order valence-electron chi connectivity index (χ2n) is 2.23. The molecule has 0 saturated carbocycles. The molecule has 0 atom stereocenters. The maximum absolute atomic E-state index is 10.7. The standard InChI is InChI=1S/C6H14O5S/c1-5-6(9-2,10-3)11-12(4,7)8/h5H2,1-4H3. The van der Waals surface area contributed by atoms with Crippen LogP contribution in [0.4, 0.5) is 0 Å². The molecule has 0 aromatic carbocycles. The molecule has 0 heterocycles. The van der Waals surface area contributed by atoms with Crippen LogP contribution in [0.1, 0.15) is 13.3 Å². The average Bonchev–Trinajstić information content (AvgIpc) is 1.99. The van der Waals surface area contributed by atoms with Gasteiger partial charge in [-0.05, 0) is 0 Å². The van der Waals surface area contributed by atoms with Crippen LogP contribution in [0.3, 0.4) is 0 Å². The van der Waals surface area contributed by atoms with Gasteiger partial charge < -0.3 is 9.47 Å². The van der Waals surface area contributed by atoms with Crippen LogP contribution in [0.2, 0.25) is 0 Å². The minimum absolute atomic E-state index is 0.285. The second-order valence-corrected chi connectivity index (χ2v) is 3.81. The van der Waals surface area contributed by atoms with Crippen molar-refractivity contribution in [2.75, 3.05) is 20.5 Å². The third-order valence-electron chi connectivity index (χ3n) is 1.33. The van der Waals surface area contributed by atoms with Crippen LogP contribution in [0.25, 0.3) is 0 Å². The van der Waals surface area contributed by atoms with Crippen molar-refractivity contribution in [3.05, 3.63) is 0 Å². The van der Waals surface area contributed by atoms with Gasteiger partial charge in [-0.15, -0.1) is 0 Å². The third-order valence-corrected chi connectivity index (χ3v) is 1.89. The lowest BCUT2D eigenvalue weighted by molar-refractivity contribution is -0.320. The van der Waals surface area contributed by atoms with Gasteiger partial charge in [-0.1, -0.05) is 6.92 Å². The van der Waals surface area contributed by atoms with Gasteiger partial charge in [-0.25, -0.2) is 4.18 Å². The van der Waals surface area contributed by atoms with Crippen LogP contribution in [0.15, 0.2) is 0 Å². The highest BCUT2D eigenvalue weighted by Gasteiger charge is 2.33. The van der Waals surface area contributed by atoms with Crippen LogP contribution in [-0.4, -0.2) is 34.9 Å². The topological polar surface area (TPSA) is 61.8 Å². The highest BCUT2D eigenvalue weighted by atomic mass is 32.2. The summed E-state index contributed by atoms with van der Waals surface area (Å²) in [4.78, 5) is 0. The van der Waals surface area contributed by atoms with E-state index in [-0.39, 0.29) is 6.42 Å². The average molecular weight is 198 g/mol. The van der Waals surface area contributed by atoms with E-state index < -0.39 is 16.1 Å². The van der Waals surface area contributed by atoms with E-state index in [4.69, 9.17) is 9.47 Å². The van der Waals surface area contributed by atoms with Gasteiger partial charge in [0.25, 0.3) is 16.1 Å². The van der Waals surface area contributed by atoms with Gasteiger partial charge in [-0.3, -0.25) is 0 Å². The number of methoxy groups -OCH3 is 2. The Hall–Kier alpha value is -0.170. The minimum atomic E-state index is -3.57. The molecule has 12 heavy (non-hydrogen) atoms. The predicted molar refractivity (Wildman–Crippen MR) is 43.0 cm³/mol. The number of rotatable bonds is 5. The van der Waals surface area contributed by atoms with Gasteiger partial charge >= 0.3 is 0 Å². The minimum Gasteiger partial charge on any atom is -0.330 e. The van der Waals surface area contributed by atoms with Gasteiger partial charge in [0, 0.05) is 20.6 Å². The molecule has 0 unspecified atom stereocenters. The van der Waals surface area contributed by atoms with Gasteiger partial charge in [-0.2, -0.15) is 8.42 Å². The zero-order valence-electron chi connectivity index (χ0n) is 7.66. The molecule has 0 aromatic heterocycles. The molecular formula is C6H14O5S. The molecule has 6 heteroatoms. The Bertz CT molecular complexity index is 208. The summed E-state index contributed by atoms with van der Waals surface area (Å²) in [5.74, 6) is -1.48. The lowest BCUT2D eigenvalue weighted by Crippen LogP contribution is -2.38. The normalized spacial score (nSPS) is 13.3. The summed E-state index contributed by atoms with van der Waals surface area (Å²) in [5, 5.41) is 0. The molecule has 0 saturated heterocycles. The SMILES string of the molecule is CCC(OC)(OC)OS(C)(=O)=O.